The molecule has 18 heavy (non-hydrogen) atoms. The molecule has 1 fully saturated rings. The van der Waals surface area contributed by atoms with Crippen molar-refractivity contribution in [2.24, 2.45) is 5.92 Å². The number of rotatable bonds is 3. The molecule has 1 saturated heterocycles. The van der Waals surface area contributed by atoms with Crippen LogP contribution in [-0.4, -0.2) is 35.3 Å². The molecule has 1 unspecified atom stereocenters. The van der Waals surface area contributed by atoms with Gasteiger partial charge in [-0.25, -0.2) is 4.79 Å². The van der Waals surface area contributed by atoms with Crippen molar-refractivity contribution in [2.45, 2.75) is 6.42 Å². The summed E-state index contributed by atoms with van der Waals surface area (Å²) < 4.78 is 5.10. The standard InChI is InChI=1S/C12H13NO5/c14-10-5-8(1-2-9(10)12(16)17)13-11(15)7-3-4-18-6-7/h1-2,5,7,14H,3-4,6H2,(H,13,15)(H,16,17). The molecular formula is C12H13NO5. The van der Waals surface area contributed by atoms with Crippen LogP contribution >= 0.6 is 0 Å². The highest BCUT2D eigenvalue weighted by Crippen LogP contribution is 2.23. The molecule has 0 radical (unpaired) electrons. The van der Waals surface area contributed by atoms with Gasteiger partial charge in [0.1, 0.15) is 11.3 Å². The number of anilines is 1. The molecule has 96 valence electrons. The number of carboxylic acids is 1. The molecule has 2 rings (SSSR count). The first-order valence-corrected chi connectivity index (χ1v) is 5.53. The summed E-state index contributed by atoms with van der Waals surface area (Å²) in [4.78, 5) is 22.5. The number of benzene rings is 1. The fraction of sp³-hybridized carbons (Fsp3) is 0.333. The van der Waals surface area contributed by atoms with Crippen LogP contribution in [0.3, 0.4) is 0 Å². The lowest BCUT2D eigenvalue weighted by Gasteiger charge is -2.10. The van der Waals surface area contributed by atoms with Gasteiger partial charge in [-0.3, -0.25) is 4.79 Å². The largest absolute Gasteiger partial charge is 0.507 e. The van der Waals surface area contributed by atoms with Crippen molar-refractivity contribution in [2.75, 3.05) is 18.5 Å². The van der Waals surface area contributed by atoms with E-state index in [-0.39, 0.29) is 23.1 Å². The van der Waals surface area contributed by atoms with E-state index in [1.54, 1.807) is 0 Å². The molecule has 0 bridgehead atoms. The van der Waals surface area contributed by atoms with Gasteiger partial charge in [0.25, 0.3) is 0 Å². The molecule has 1 atom stereocenters. The lowest BCUT2D eigenvalue weighted by molar-refractivity contribution is -0.119. The van der Waals surface area contributed by atoms with Crippen LogP contribution in [0.15, 0.2) is 18.2 Å². The van der Waals surface area contributed by atoms with Crippen LogP contribution in [0.5, 0.6) is 5.75 Å². The van der Waals surface area contributed by atoms with Gasteiger partial charge in [-0.15, -0.1) is 0 Å². The summed E-state index contributed by atoms with van der Waals surface area (Å²) in [6.45, 7) is 0.965. The summed E-state index contributed by atoms with van der Waals surface area (Å²) in [7, 11) is 0. The lowest BCUT2D eigenvalue weighted by Crippen LogP contribution is -2.22. The Morgan fingerprint density at radius 1 is 1.39 bits per heavy atom. The van der Waals surface area contributed by atoms with Crippen molar-refractivity contribution in [1.29, 1.82) is 0 Å². The summed E-state index contributed by atoms with van der Waals surface area (Å²) in [5.74, 6) is -1.96. The van der Waals surface area contributed by atoms with E-state index in [0.717, 1.165) is 0 Å². The molecule has 1 aliphatic rings. The van der Waals surface area contributed by atoms with Crippen molar-refractivity contribution in [3.05, 3.63) is 23.8 Å². The van der Waals surface area contributed by atoms with E-state index in [9.17, 15) is 14.7 Å². The Kier molecular flexibility index (Phi) is 3.47. The first kappa shape index (κ1) is 12.4. The van der Waals surface area contributed by atoms with Crippen LogP contribution in [0, 0.1) is 5.92 Å². The molecule has 6 nitrogen and oxygen atoms in total. The van der Waals surface area contributed by atoms with Crippen LogP contribution in [0.1, 0.15) is 16.8 Å². The highest BCUT2D eigenvalue weighted by atomic mass is 16.5. The van der Waals surface area contributed by atoms with Gasteiger partial charge in [-0.2, -0.15) is 0 Å². The number of aromatic carboxylic acids is 1. The van der Waals surface area contributed by atoms with Crippen molar-refractivity contribution in [3.8, 4) is 5.75 Å². The summed E-state index contributed by atoms with van der Waals surface area (Å²) in [6, 6.07) is 3.91. The molecule has 6 heteroatoms. The lowest BCUT2D eigenvalue weighted by atomic mass is 10.1. The molecule has 1 aliphatic heterocycles. The zero-order valence-corrected chi connectivity index (χ0v) is 9.55. The SMILES string of the molecule is O=C(O)c1ccc(NC(=O)C2CCOC2)cc1O. The second-order valence-electron chi connectivity index (χ2n) is 4.09. The monoisotopic (exact) mass is 251 g/mol. The molecule has 1 aromatic carbocycles. The maximum atomic E-state index is 11.8. The number of carbonyl (C=O) groups is 2. The third kappa shape index (κ3) is 2.60. The van der Waals surface area contributed by atoms with Crippen LogP contribution in [-0.2, 0) is 9.53 Å². The first-order valence-electron chi connectivity index (χ1n) is 5.53. The molecule has 0 spiro atoms. The highest BCUT2D eigenvalue weighted by molar-refractivity contribution is 5.95. The van der Waals surface area contributed by atoms with Gasteiger partial charge in [-0.05, 0) is 18.6 Å². The predicted octanol–water partition coefficient (Wildman–Crippen LogP) is 1.07. The molecule has 0 aromatic heterocycles. The quantitative estimate of drug-likeness (QED) is 0.746. The van der Waals surface area contributed by atoms with Crippen molar-refractivity contribution >= 4 is 17.6 Å². The fourth-order valence-corrected chi connectivity index (χ4v) is 1.78. The second-order valence-corrected chi connectivity index (χ2v) is 4.09. The summed E-state index contributed by atoms with van der Waals surface area (Å²) in [5, 5.41) is 20.8. The predicted molar refractivity (Wildman–Crippen MR) is 62.6 cm³/mol. The number of hydrogen-bond donors (Lipinski definition) is 3. The Labute approximate surface area is 103 Å². The summed E-state index contributed by atoms with van der Waals surface area (Å²) >= 11 is 0. The Hall–Kier alpha value is -2.08. The molecule has 1 aromatic rings. The third-order valence-electron chi connectivity index (χ3n) is 2.80. The van der Waals surface area contributed by atoms with Crippen LogP contribution < -0.4 is 5.32 Å². The highest BCUT2D eigenvalue weighted by Gasteiger charge is 2.23. The van der Waals surface area contributed by atoms with Crippen molar-refractivity contribution < 1.29 is 24.5 Å². The van der Waals surface area contributed by atoms with Crippen LogP contribution in [0.2, 0.25) is 0 Å². The first-order chi connectivity index (χ1) is 8.58. The molecular weight excluding hydrogens is 238 g/mol. The number of amides is 1. The molecule has 0 saturated carbocycles. The number of ether oxygens (including phenoxy) is 1. The summed E-state index contributed by atoms with van der Waals surface area (Å²) in [5.41, 5.74) is 0.173. The minimum absolute atomic E-state index is 0.185. The molecule has 0 aliphatic carbocycles. The van der Waals surface area contributed by atoms with Crippen LogP contribution in [0.4, 0.5) is 5.69 Å². The molecule has 1 amide bonds. The minimum atomic E-state index is -1.21. The second kappa shape index (κ2) is 5.05. The number of carbonyl (C=O) groups excluding carboxylic acids is 1. The smallest absolute Gasteiger partial charge is 0.339 e. The topological polar surface area (TPSA) is 95.9 Å². The van der Waals surface area contributed by atoms with Crippen molar-refractivity contribution in [3.63, 3.8) is 0 Å². The van der Waals surface area contributed by atoms with E-state index >= 15 is 0 Å². The Balaban J connectivity index is 2.07. The maximum absolute atomic E-state index is 11.8. The number of carboxylic acid groups (broad SMARTS) is 1. The van der Waals surface area contributed by atoms with Gasteiger partial charge in [0.05, 0.1) is 12.5 Å². The van der Waals surface area contributed by atoms with Gasteiger partial charge in [0, 0.05) is 18.4 Å². The summed E-state index contributed by atoms with van der Waals surface area (Å²) in [6.07, 6.45) is 0.672. The zero-order valence-electron chi connectivity index (χ0n) is 9.55. The normalized spacial score (nSPS) is 18.6. The van der Waals surface area contributed by atoms with E-state index in [1.807, 2.05) is 0 Å². The van der Waals surface area contributed by atoms with E-state index in [1.165, 1.54) is 18.2 Å². The third-order valence-corrected chi connectivity index (χ3v) is 2.80. The van der Waals surface area contributed by atoms with Gasteiger partial charge < -0.3 is 20.3 Å². The van der Waals surface area contributed by atoms with Gasteiger partial charge in [0.15, 0.2) is 0 Å². The van der Waals surface area contributed by atoms with Crippen LogP contribution in [0.25, 0.3) is 0 Å². The average molecular weight is 251 g/mol. The minimum Gasteiger partial charge on any atom is -0.507 e. The number of hydrogen-bond acceptors (Lipinski definition) is 4. The van der Waals surface area contributed by atoms with Gasteiger partial charge in [0.2, 0.25) is 5.91 Å². The molecule has 3 N–H and O–H groups in total. The Bertz CT molecular complexity index is 479. The number of phenols is 1. The number of nitrogens with one attached hydrogen (secondary N) is 1. The Morgan fingerprint density at radius 3 is 2.72 bits per heavy atom. The maximum Gasteiger partial charge on any atom is 0.339 e. The van der Waals surface area contributed by atoms with E-state index in [4.69, 9.17) is 9.84 Å². The Morgan fingerprint density at radius 2 is 2.17 bits per heavy atom. The van der Waals surface area contributed by atoms with E-state index in [0.29, 0.717) is 25.3 Å². The van der Waals surface area contributed by atoms with Gasteiger partial charge in [-0.1, -0.05) is 0 Å². The van der Waals surface area contributed by atoms with Gasteiger partial charge >= 0.3 is 5.97 Å². The van der Waals surface area contributed by atoms with Crippen molar-refractivity contribution in [1.82, 2.24) is 0 Å². The zero-order chi connectivity index (χ0) is 13.1. The van der Waals surface area contributed by atoms with E-state index < -0.39 is 5.97 Å². The fourth-order valence-electron chi connectivity index (χ4n) is 1.78. The number of aromatic hydroxyl groups is 1. The molecule has 1 heterocycles. The van der Waals surface area contributed by atoms with E-state index in [2.05, 4.69) is 5.32 Å². The average Bonchev–Trinajstić information content (AvgIpc) is 2.81.